The Labute approximate surface area is 236 Å². The number of aryl methyl sites for hydroxylation is 1. The van der Waals surface area contributed by atoms with Crippen LogP contribution < -0.4 is 4.90 Å². The van der Waals surface area contributed by atoms with Crippen molar-refractivity contribution in [2.45, 2.75) is 26.3 Å². The molecule has 40 heavy (non-hydrogen) atoms. The third-order valence-corrected chi connectivity index (χ3v) is 7.58. The lowest BCUT2D eigenvalue weighted by Crippen LogP contribution is -2.45. The Bertz CT molecular complexity index is 1430. The van der Waals surface area contributed by atoms with Crippen LogP contribution in [0.15, 0.2) is 97.1 Å². The molecule has 0 saturated carbocycles. The lowest BCUT2D eigenvalue weighted by Gasteiger charge is -2.32. The van der Waals surface area contributed by atoms with Gasteiger partial charge in [0, 0.05) is 37.3 Å². The van der Waals surface area contributed by atoms with E-state index in [0.717, 1.165) is 41.2 Å². The number of rotatable bonds is 7. The zero-order valence-corrected chi connectivity index (χ0v) is 23.1. The third kappa shape index (κ3) is 6.20. The van der Waals surface area contributed by atoms with E-state index in [-0.39, 0.29) is 24.4 Å². The molecule has 0 radical (unpaired) electrons. The van der Waals surface area contributed by atoms with Crippen molar-refractivity contribution in [3.63, 3.8) is 0 Å². The van der Waals surface area contributed by atoms with Crippen molar-refractivity contribution in [2.75, 3.05) is 37.6 Å². The van der Waals surface area contributed by atoms with Crippen molar-refractivity contribution in [3.05, 3.63) is 114 Å². The van der Waals surface area contributed by atoms with E-state index in [0.29, 0.717) is 25.2 Å². The molecule has 2 heterocycles. The molecule has 7 heteroatoms. The summed E-state index contributed by atoms with van der Waals surface area (Å²) in [6.07, 6.45) is 0.813. The Hall–Kier alpha value is -4.52. The molecule has 3 aromatic carbocycles. The normalized spacial score (nSPS) is 14.3. The molecular formula is C33H35N5O2. The first-order chi connectivity index (χ1) is 19.5. The average Bonchev–Trinajstić information content (AvgIpc) is 3.27. The second-order valence-corrected chi connectivity index (χ2v) is 10.2. The number of hydrogen-bond acceptors (Lipinski definition) is 5. The molecule has 7 nitrogen and oxygen atoms in total. The van der Waals surface area contributed by atoms with Crippen LogP contribution >= 0.6 is 0 Å². The van der Waals surface area contributed by atoms with Crippen LogP contribution in [0.3, 0.4) is 0 Å². The number of carbonyl (C=O) groups is 2. The quantitative estimate of drug-likeness (QED) is 0.318. The molecule has 1 aliphatic rings. The number of nitrogens with zero attached hydrogens (tertiary/aromatic N) is 5. The first-order valence-corrected chi connectivity index (χ1v) is 13.8. The van der Waals surface area contributed by atoms with Gasteiger partial charge in [0.15, 0.2) is 5.82 Å². The molecule has 1 aliphatic heterocycles. The van der Waals surface area contributed by atoms with Gasteiger partial charge in [-0.05, 0) is 49.6 Å². The maximum absolute atomic E-state index is 13.8. The topological polar surface area (TPSA) is 69.6 Å². The summed E-state index contributed by atoms with van der Waals surface area (Å²) in [7, 11) is 0. The molecule has 5 rings (SSSR count). The van der Waals surface area contributed by atoms with E-state index in [9.17, 15) is 9.59 Å². The lowest BCUT2D eigenvalue weighted by atomic mass is 10.0. The van der Waals surface area contributed by atoms with E-state index >= 15 is 0 Å². The molecule has 1 saturated heterocycles. The number of amides is 2. The van der Waals surface area contributed by atoms with Crippen LogP contribution in [-0.2, 0) is 4.79 Å². The molecule has 0 spiro atoms. The van der Waals surface area contributed by atoms with Crippen molar-refractivity contribution < 1.29 is 9.59 Å². The summed E-state index contributed by atoms with van der Waals surface area (Å²) in [6.45, 7) is 6.58. The van der Waals surface area contributed by atoms with Gasteiger partial charge < -0.3 is 14.7 Å². The first kappa shape index (κ1) is 27.1. The molecule has 0 bridgehead atoms. The minimum Gasteiger partial charge on any atom is -0.353 e. The van der Waals surface area contributed by atoms with E-state index < -0.39 is 0 Å². The van der Waals surface area contributed by atoms with E-state index in [4.69, 9.17) is 0 Å². The van der Waals surface area contributed by atoms with Crippen molar-refractivity contribution in [1.29, 1.82) is 0 Å². The Balaban J connectivity index is 1.28. The zero-order chi connectivity index (χ0) is 27.9. The number of hydrogen-bond donors (Lipinski definition) is 0. The molecule has 2 amide bonds. The van der Waals surface area contributed by atoms with E-state index in [1.54, 1.807) is 4.90 Å². The first-order valence-electron chi connectivity index (χ1n) is 13.8. The van der Waals surface area contributed by atoms with Gasteiger partial charge in [-0.1, -0.05) is 78.9 Å². The van der Waals surface area contributed by atoms with Crippen LogP contribution in [0.1, 0.15) is 40.9 Å². The molecular weight excluding hydrogens is 498 g/mol. The summed E-state index contributed by atoms with van der Waals surface area (Å²) >= 11 is 0. The van der Waals surface area contributed by atoms with E-state index in [2.05, 4.69) is 15.1 Å². The Morgan fingerprint density at radius 2 is 1.50 bits per heavy atom. The summed E-state index contributed by atoms with van der Waals surface area (Å²) in [5.74, 6) is 0.633. The van der Waals surface area contributed by atoms with Gasteiger partial charge in [0.1, 0.15) is 6.54 Å². The Morgan fingerprint density at radius 1 is 0.800 bits per heavy atom. The maximum atomic E-state index is 13.8. The third-order valence-electron chi connectivity index (χ3n) is 7.58. The van der Waals surface area contributed by atoms with E-state index in [1.165, 1.54) is 0 Å². The zero-order valence-electron chi connectivity index (χ0n) is 23.1. The summed E-state index contributed by atoms with van der Waals surface area (Å²) in [5, 5.41) is 8.92. The Kier molecular flexibility index (Phi) is 8.50. The monoisotopic (exact) mass is 533 g/mol. The van der Waals surface area contributed by atoms with Crippen LogP contribution in [0, 0.1) is 6.92 Å². The van der Waals surface area contributed by atoms with Gasteiger partial charge in [0.25, 0.3) is 5.91 Å². The smallest absolute Gasteiger partial charge is 0.255 e. The molecule has 0 aliphatic carbocycles. The van der Waals surface area contributed by atoms with Crippen molar-refractivity contribution in [2.24, 2.45) is 0 Å². The van der Waals surface area contributed by atoms with Gasteiger partial charge >= 0.3 is 0 Å². The highest BCUT2D eigenvalue weighted by Crippen LogP contribution is 2.24. The number of carbonyl (C=O) groups excluding carboxylic acids is 2. The number of aromatic nitrogens is 2. The predicted molar refractivity (Wildman–Crippen MR) is 158 cm³/mol. The SMILES string of the molecule is Cc1ccccc1C(=O)N(CC(=O)N1CCCN(c2ccc(-c3ccccc3)nn2)CC1)C(C)c1ccccc1. The second kappa shape index (κ2) is 12.6. The molecule has 4 aromatic rings. The van der Waals surface area contributed by atoms with E-state index in [1.807, 2.05) is 116 Å². The predicted octanol–water partition coefficient (Wildman–Crippen LogP) is 5.39. The van der Waals surface area contributed by atoms with Crippen LogP contribution in [0.4, 0.5) is 5.82 Å². The van der Waals surface area contributed by atoms with Crippen LogP contribution in [0.2, 0.25) is 0 Å². The van der Waals surface area contributed by atoms with Crippen LogP contribution in [-0.4, -0.2) is 64.5 Å². The van der Waals surface area contributed by atoms with Crippen molar-refractivity contribution in [1.82, 2.24) is 20.0 Å². The molecule has 1 fully saturated rings. The highest BCUT2D eigenvalue weighted by molar-refractivity contribution is 5.98. The van der Waals surface area contributed by atoms with Crippen LogP contribution in [0.5, 0.6) is 0 Å². The molecule has 1 aromatic heterocycles. The second-order valence-electron chi connectivity index (χ2n) is 10.2. The van der Waals surface area contributed by atoms with Crippen LogP contribution in [0.25, 0.3) is 11.3 Å². The van der Waals surface area contributed by atoms with Gasteiger partial charge in [-0.25, -0.2) is 0 Å². The average molecular weight is 534 g/mol. The van der Waals surface area contributed by atoms with Gasteiger partial charge in [0.05, 0.1) is 11.7 Å². The molecule has 0 N–H and O–H groups in total. The van der Waals surface area contributed by atoms with Gasteiger partial charge in [-0.2, -0.15) is 0 Å². The Morgan fingerprint density at radius 3 is 2.20 bits per heavy atom. The molecule has 1 atom stereocenters. The van der Waals surface area contributed by atoms with Gasteiger partial charge in [-0.15, -0.1) is 10.2 Å². The number of benzene rings is 3. The largest absolute Gasteiger partial charge is 0.353 e. The van der Waals surface area contributed by atoms with Gasteiger partial charge in [-0.3, -0.25) is 9.59 Å². The summed E-state index contributed by atoms with van der Waals surface area (Å²) < 4.78 is 0. The molecule has 204 valence electrons. The fourth-order valence-electron chi connectivity index (χ4n) is 5.16. The fourth-order valence-corrected chi connectivity index (χ4v) is 5.16. The van der Waals surface area contributed by atoms with Crippen molar-refractivity contribution in [3.8, 4) is 11.3 Å². The number of anilines is 1. The lowest BCUT2D eigenvalue weighted by molar-refractivity contribution is -0.132. The summed E-state index contributed by atoms with van der Waals surface area (Å²) in [4.78, 5) is 33.2. The maximum Gasteiger partial charge on any atom is 0.255 e. The molecule has 1 unspecified atom stereocenters. The minimum atomic E-state index is -0.251. The minimum absolute atomic E-state index is 0.0226. The summed E-state index contributed by atoms with van der Waals surface area (Å²) in [6, 6.07) is 31.2. The summed E-state index contributed by atoms with van der Waals surface area (Å²) in [5.41, 5.74) is 4.38. The highest BCUT2D eigenvalue weighted by Gasteiger charge is 2.29. The van der Waals surface area contributed by atoms with Crippen molar-refractivity contribution >= 4 is 17.6 Å². The highest BCUT2D eigenvalue weighted by atomic mass is 16.2. The standard InChI is InChI=1S/C33H35N5O2/c1-25-12-9-10-17-29(25)33(40)38(26(2)27-13-5-3-6-14-27)24-32(39)37-21-11-20-36(22-23-37)31-19-18-30(34-35-31)28-15-7-4-8-16-28/h3-10,12-19,26H,11,20-24H2,1-2H3. The van der Waals surface area contributed by atoms with Gasteiger partial charge in [0.2, 0.25) is 5.91 Å². The fraction of sp³-hybridized carbons (Fsp3) is 0.273.